The van der Waals surface area contributed by atoms with Crippen molar-refractivity contribution < 1.29 is 14.5 Å². The van der Waals surface area contributed by atoms with Gasteiger partial charge < -0.3 is 10.1 Å². The summed E-state index contributed by atoms with van der Waals surface area (Å²) in [5, 5.41) is 13.3. The van der Waals surface area contributed by atoms with Gasteiger partial charge in [0.25, 0.3) is 11.6 Å². The van der Waals surface area contributed by atoms with Crippen LogP contribution in [0.4, 0.5) is 11.4 Å². The van der Waals surface area contributed by atoms with E-state index >= 15 is 0 Å². The first-order chi connectivity index (χ1) is 11.4. The Morgan fingerprint density at radius 3 is 2.12 bits per heavy atom. The third-order valence-electron chi connectivity index (χ3n) is 3.57. The average molecular weight is 328 g/mol. The van der Waals surface area contributed by atoms with E-state index in [1.165, 1.54) is 29.8 Å². The maximum Gasteiger partial charge on any atom is 0.269 e. The van der Waals surface area contributed by atoms with Crippen LogP contribution < -0.4 is 10.1 Å². The molecule has 0 bridgehead atoms. The molecule has 0 aromatic heterocycles. The lowest BCUT2D eigenvalue weighted by atomic mass is 10.0. The molecule has 1 amide bonds. The molecule has 1 unspecified atom stereocenters. The number of carbonyl (C=O) groups is 1. The Morgan fingerprint density at radius 2 is 1.62 bits per heavy atom. The molecule has 0 fully saturated rings. The predicted molar refractivity (Wildman–Crippen MR) is 92.3 cm³/mol. The lowest BCUT2D eigenvalue weighted by molar-refractivity contribution is -0.384. The highest BCUT2D eigenvalue weighted by molar-refractivity contribution is 5.94. The average Bonchev–Trinajstić information content (AvgIpc) is 2.55. The number of nitrogens with one attached hydrogen (secondary N) is 1. The van der Waals surface area contributed by atoms with Gasteiger partial charge in [-0.05, 0) is 42.7 Å². The maximum atomic E-state index is 12.1. The summed E-state index contributed by atoms with van der Waals surface area (Å²) in [7, 11) is 0. The van der Waals surface area contributed by atoms with E-state index in [9.17, 15) is 14.9 Å². The Labute approximate surface area is 140 Å². The van der Waals surface area contributed by atoms with Crippen molar-refractivity contribution in [2.45, 2.75) is 32.8 Å². The van der Waals surface area contributed by atoms with Gasteiger partial charge in [-0.1, -0.05) is 26.0 Å². The molecular formula is C18H20N2O4. The van der Waals surface area contributed by atoms with E-state index in [2.05, 4.69) is 19.2 Å². The molecular weight excluding hydrogens is 308 g/mol. The fourth-order valence-corrected chi connectivity index (χ4v) is 2.10. The number of nitro groups is 1. The van der Waals surface area contributed by atoms with Crippen molar-refractivity contribution in [3.8, 4) is 5.75 Å². The normalized spacial score (nSPS) is 11.8. The number of rotatable bonds is 6. The van der Waals surface area contributed by atoms with Crippen molar-refractivity contribution in [1.29, 1.82) is 0 Å². The van der Waals surface area contributed by atoms with Gasteiger partial charge in [0.2, 0.25) is 0 Å². The predicted octanol–water partition coefficient (Wildman–Crippen LogP) is 4.12. The largest absolute Gasteiger partial charge is 0.481 e. The second-order valence-corrected chi connectivity index (χ2v) is 5.78. The van der Waals surface area contributed by atoms with Gasteiger partial charge in [-0.2, -0.15) is 0 Å². The summed E-state index contributed by atoms with van der Waals surface area (Å²) in [6.45, 7) is 5.86. The Balaban J connectivity index is 1.95. The number of amides is 1. The van der Waals surface area contributed by atoms with Crippen LogP contribution in [0, 0.1) is 10.1 Å². The van der Waals surface area contributed by atoms with Crippen LogP contribution in [-0.4, -0.2) is 16.9 Å². The molecule has 1 atom stereocenters. The van der Waals surface area contributed by atoms with Crippen molar-refractivity contribution in [3.05, 3.63) is 64.2 Å². The Kier molecular flexibility index (Phi) is 5.52. The lowest BCUT2D eigenvalue weighted by Gasteiger charge is -2.15. The van der Waals surface area contributed by atoms with E-state index in [-0.39, 0.29) is 11.6 Å². The summed E-state index contributed by atoms with van der Waals surface area (Å²) in [5.41, 5.74) is 1.66. The Hall–Kier alpha value is -2.89. The quantitative estimate of drug-likeness (QED) is 0.638. The number of nitro benzene ring substituents is 1. The van der Waals surface area contributed by atoms with Crippen LogP contribution in [0.3, 0.4) is 0 Å². The van der Waals surface area contributed by atoms with Gasteiger partial charge in [-0.15, -0.1) is 0 Å². The zero-order valence-corrected chi connectivity index (χ0v) is 13.9. The number of anilines is 1. The van der Waals surface area contributed by atoms with Crippen molar-refractivity contribution in [1.82, 2.24) is 0 Å². The molecule has 0 saturated heterocycles. The van der Waals surface area contributed by atoms with E-state index in [1.807, 2.05) is 24.3 Å². The molecule has 0 aliphatic rings. The van der Waals surface area contributed by atoms with Gasteiger partial charge >= 0.3 is 0 Å². The van der Waals surface area contributed by atoms with Crippen LogP contribution in [-0.2, 0) is 4.79 Å². The first kappa shape index (κ1) is 17.5. The van der Waals surface area contributed by atoms with E-state index in [0.29, 0.717) is 17.4 Å². The number of ether oxygens (including phenoxy) is 1. The number of non-ortho nitro benzene ring substituents is 1. The van der Waals surface area contributed by atoms with Crippen LogP contribution in [0.25, 0.3) is 0 Å². The minimum absolute atomic E-state index is 0.0254. The molecule has 2 rings (SSSR count). The third kappa shape index (κ3) is 4.55. The first-order valence-electron chi connectivity index (χ1n) is 7.68. The zero-order chi connectivity index (χ0) is 17.7. The molecule has 6 heteroatoms. The van der Waals surface area contributed by atoms with Crippen LogP contribution in [0.1, 0.15) is 32.3 Å². The molecule has 0 saturated carbocycles. The second kappa shape index (κ2) is 7.59. The number of benzene rings is 2. The number of hydrogen-bond acceptors (Lipinski definition) is 4. The van der Waals surface area contributed by atoms with Crippen molar-refractivity contribution in [3.63, 3.8) is 0 Å². The van der Waals surface area contributed by atoms with E-state index in [0.717, 1.165) is 0 Å². The van der Waals surface area contributed by atoms with Gasteiger partial charge in [-0.25, -0.2) is 0 Å². The lowest BCUT2D eigenvalue weighted by Crippen LogP contribution is -2.30. The molecule has 0 aliphatic heterocycles. The fraction of sp³-hybridized carbons (Fsp3) is 0.278. The van der Waals surface area contributed by atoms with Gasteiger partial charge in [0.1, 0.15) is 5.75 Å². The van der Waals surface area contributed by atoms with E-state index < -0.39 is 11.0 Å². The Bertz CT molecular complexity index is 709. The summed E-state index contributed by atoms with van der Waals surface area (Å²) in [5.74, 6) is 0.726. The van der Waals surface area contributed by atoms with Gasteiger partial charge in [-0.3, -0.25) is 14.9 Å². The molecule has 0 aliphatic carbocycles. The summed E-state index contributed by atoms with van der Waals surface area (Å²) < 4.78 is 5.62. The smallest absolute Gasteiger partial charge is 0.269 e. The third-order valence-corrected chi connectivity index (χ3v) is 3.57. The second-order valence-electron chi connectivity index (χ2n) is 5.78. The number of carbonyl (C=O) groups excluding carboxylic acids is 1. The topological polar surface area (TPSA) is 81.5 Å². The molecule has 126 valence electrons. The summed E-state index contributed by atoms with van der Waals surface area (Å²) in [4.78, 5) is 22.3. The molecule has 6 nitrogen and oxygen atoms in total. The first-order valence-corrected chi connectivity index (χ1v) is 7.68. The van der Waals surface area contributed by atoms with Crippen molar-refractivity contribution in [2.24, 2.45) is 0 Å². The Morgan fingerprint density at radius 1 is 1.04 bits per heavy atom. The van der Waals surface area contributed by atoms with Gasteiger partial charge in [0, 0.05) is 17.8 Å². The van der Waals surface area contributed by atoms with Crippen LogP contribution >= 0.6 is 0 Å². The summed E-state index contributed by atoms with van der Waals surface area (Å²) in [6, 6.07) is 13.3. The molecule has 0 spiro atoms. The summed E-state index contributed by atoms with van der Waals surface area (Å²) in [6.07, 6.45) is -0.690. The molecule has 0 radical (unpaired) electrons. The monoisotopic (exact) mass is 328 g/mol. The van der Waals surface area contributed by atoms with Gasteiger partial charge in [0.05, 0.1) is 4.92 Å². The minimum atomic E-state index is -0.690. The standard InChI is InChI=1S/C18H20N2O4/c1-12(2)14-4-10-17(11-5-14)24-13(3)18(21)19-15-6-8-16(9-7-15)20(22)23/h4-13H,1-3H3,(H,19,21). The van der Waals surface area contributed by atoms with Crippen LogP contribution in [0.2, 0.25) is 0 Å². The fourth-order valence-electron chi connectivity index (χ4n) is 2.10. The highest BCUT2D eigenvalue weighted by atomic mass is 16.6. The maximum absolute atomic E-state index is 12.1. The van der Waals surface area contributed by atoms with E-state index in [1.54, 1.807) is 6.92 Å². The van der Waals surface area contributed by atoms with Crippen LogP contribution in [0.15, 0.2) is 48.5 Å². The molecule has 0 heterocycles. The van der Waals surface area contributed by atoms with Crippen LogP contribution in [0.5, 0.6) is 5.75 Å². The molecule has 24 heavy (non-hydrogen) atoms. The highest BCUT2D eigenvalue weighted by Crippen LogP contribution is 2.20. The summed E-state index contributed by atoms with van der Waals surface area (Å²) >= 11 is 0. The SMILES string of the molecule is CC(Oc1ccc(C(C)C)cc1)C(=O)Nc1ccc([N+](=O)[O-])cc1. The van der Waals surface area contributed by atoms with Crippen molar-refractivity contribution >= 4 is 17.3 Å². The zero-order valence-electron chi connectivity index (χ0n) is 13.9. The molecule has 2 aromatic rings. The number of nitrogens with zero attached hydrogens (tertiary/aromatic N) is 1. The molecule has 1 N–H and O–H groups in total. The van der Waals surface area contributed by atoms with Crippen molar-refractivity contribution in [2.75, 3.05) is 5.32 Å². The highest BCUT2D eigenvalue weighted by Gasteiger charge is 2.15. The molecule has 2 aromatic carbocycles. The van der Waals surface area contributed by atoms with Gasteiger partial charge in [0.15, 0.2) is 6.10 Å². The minimum Gasteiger partial charge on any atom is -0.481 e. The number of hydrogen-bond donors (Lipinski definition) is 1. The van der Waals surface area contributed by atoms with E-state index in [4.69, 9.17) is 4.74 Å².